The summed E-state index contributed by atoms with van der Waals surface area (Å²) in [6.07, 6.45) is 3.38. The van der Waals surface area contributed by atoms with Gasteiger partial charge in [0.05, 0.1) is 10.6 Å². The zero-order chi connectivity index (χ0) is 14.2. The standard InChI is InChI=1S/C13H14BrNO3S/c1-3-9-6-13(16)15(8-9)12-5-4-10(7-11(12)14)19(2,17)18/h3-5,7,9H,1,6,8H2,2H3. The summed E-state index contributed by atoms with van der Waals surface area (Å²) in [7, 11) is -3.24. The van der Waals surface area contributed by atoms with Crippen LogP contribution in [-0.2, 0) is 14.6 Å². The molecule has 1 saturated heterocycles. The van der Waals surface area contributed by atoms with E-state index in [1.54, 1.807) is 17.0 Å². The molecule has 2 rings (SSSR count). The number of hydrogen-bond acceptors (Lipinski definition) is 3. The van der Waals surface area contributed by atoms with Gasteiger partial charge in [-0.25, -0.2) is 8.42 Å². The lowest BCUT2D eigenvalue weighted by Crippen LogP contribution is -2.24. The van der Waals surface area contributed by atoms with Crippen LogP contribution >= 0.6 is 15.9 Å². The van der Waals surface area contributed by atoms with E-state index in [0.717, 1.165) is 6.26 Å². The summed E-state index contributed by atoms with van der Waals surface area (Å²) in [6.45, 7) is 4.29. The molecular weight excluding hydrogens is 330 g/mol. The lowest BCUT2D eigenvalue weighted by molar-refractivity contribution is -0.117. The topological polar surface area (TPSA) is 54.5 Å². The fraction of sp³-hybridized carbons (Fsp3) is 0.308. The van der Waals surface area contributed by atoms with Crippen molar-refractivity contribution < 1.29 is 13.2 Å². The van der Waals surface area contributed by atoms with Gasteiger partial charge in [-0.3, -0.25) is 4.79 Å². The van der Waals surface area contributed by atoms with Gasteiger partial charge in [-0.05, 0) is 34.1 Å². The second-order valence-electron chi connectivity index (χ2n) is 4.59. The Morgan fingerprint density at radius 1 is 1.47 bits per heavy atom. The minimum absolute atomic E-state index is 0.0257. The second-order valence-corrected chi connectivity index (χ2v) is 7.46. The highest BCUT2D eigenvalue weighted by molar-refractivity contribution is 9.10. The van der Waals surface area contributed by atoms with Crippen molar-refractivity contribution in [2.45, 2.75) is 11.3 Å². The third kappa shape index (κ3) is 2.90. The molecule has 0 aliphatic carbocycles. The average molecular weight is 344 g/mol. The first kappa shape index (κ1) is 14.3. The highest BCUT2D eigenvalue weighted by Gasteiger charge is 2.30. The smallest absolute Gasteiger partial charge is 0.227 e. The van der Waals surface area contributed by atoms with E-state index >= 15 is 0 Å². The van der Waals surface area contributed by atoms with Crippen molar-refractivity contribution in [2.24, 2.45) is 5.92 Å². The summed E-state index contributed by atoms with van der Waals surface area (Å²) in [5, 5.41) is 0. The summed E-state index contributed by atoms with van der Waals surface area (Å²) < 4.78 is 23.5. The van der Waals surface area contributed by atoms with Crippen molar-refractivity contribution in [3.8, 4) is 0 Å². The van der Waals surface area contributed by atoms with Gasteiger partial charge in [-0.1, -0.05) is 6.08 Å². The van der Waals surface area contributed by atoms with E-state index in [4.69, 9.17) is 0 Å². The predicted octanol–water partition coefficient (Wildman–Crippen LogP) is 2.39. The van der Waals surface area contributed by atoms with Crippen LogP contribution in [0.2, 0.25) is 0 Å². The van der Waals surface area contributed by atoms with Gasteiger partial charge in [0.2, 0.25) is 5.91 Å². The van der Waals surface area contributed by atoms with E-state index in [1.165, 1.54) is 12.1 Å². The van der Waals surface area contributed by atoms with E-state index in [2.05, 4.69) is 22.5 Å². The molecule has 0 saturated carbocycles. The number of anilines is 1. The van der Waals surface area contributed by atoms with E-state index in [9.17, 15) is 13.2 Å². The van der Waals surface area contributed by atoms with Crippen molar-refractivity contribution in [2.75, 3.05) is 17.7 Å². The molecule has 1 aromatic rings. The van der Waals surface area contributed by atoms with Crippen LogP contribution in [0.15, 0.2) is 40.2 Å². The molecule has 1 unspecified atom stereocenters. The fourth-order valence-corrected chi connectivity index (χ4v) is 3.45. The molecule has 0 spiro atoms. The van der Waals surface area contributed by atoms with Crippen molar-refractivity contribution in [1.29, 1.82) is 0 Å². The van der Waals surface area contributed by atoms with Gasteiger partial charge < -0.3 is 4.90 Å². The third-order valence-corrected chi connectivity index (χ3v) is 4.87. The first-order chi connectivity index (χ1) is 8.82. The monoisotopic (exact) mass is 343 g/mol. The maximum Gasteiger partial charge on any atom is 0.227 e. The SMILES string of the molecule is C=CC1CC(=O)N(c2ccc(S(C)(=O)=O)cc2Br)C1. The third-order valence-electron chi connectivity index (χ3n) is 3.13. The van der Waals surface area contributed by atoms with Gasteiger partial charge >= 0.3 is 0 Å². The Kier molecular flexibility index (Phi) is 3.82. The zero-order valence-corrected chi connectivity index (χ0v) is 12.9. The van der Waals surface area contributed by atoms with E-state index in [-0.39, 0.29) is 16.7 Å². The van der Waals surface area contributed by atoms with E-state index in [1.807, 2.05) is 0 Å². The molecule has 1 amide bonds. The van der Waals surface area contributed by atoms with Crippen LogP contribution in [0.4, 0.5) is 5.69 Å². The molecule has 19 heavy (non-hydrogen) atoms. The molecule has 0 bridgehead atoms. The van der Waals surface area contributed by atoms with Crippen molar-refractivity contribution in [3.63, 3.8) is 0 Å². The normalized spacial score (nSPS) is 19.8. The molecule has 1 aliphatic heterocycles. The molecule has 1 aliphatic rings. The Morgan fingerprint density at radius 3 is 2.63 bits per heavy atom. The van der Waals surface area contributed by atoms with Gasteiger partial charge in [0.15, 0.2) is 9.84 Å². The molecule has 1 atom stereocenters. The van der Waals surface area contributed by atoms with Crippen LogP contribution in [0.1, 0.15) is 6.42 Å². The Bertz CT molecular complexity index is 639. The van der Waals surface area contributed by atoms with Crippen molar-refractivity contribution in [1.82, 2.24) is 0 Å². The molecule has 4 nitrogen and oxygen atoms in total. The molecule has 0 N–H and O–H groups in total. The van der Waals surface area contributed by atoms with Crippen LogP contribution < -0.4 is 4.90 Å². The summed E-state index contributed by atoms with van der Waals surface area (Å²) in [4.78, 5) is 13.8. The number of carbonyl (C=O) groups excluding carboxylic acids is 1. The number of amides is 1. The van der Waals surface area contributed by atoms with Gasteiger partial charge in [0.1, 0.15) is 0 Å². The molecule has 1 heterocycles. The zero-order valence-electron chi connectivity index (χ0n) is 10.5. The summed E-state index contributed by atoms with van der Waals surface area (Å²) in [5.74, 6) is 0.173. The summed E-state index contributed by atoms with van der Waals surface area (Å²) >= 11 is 3.33. The number of sulfone groups is 1. The lowest BCUT2D eigenvalue weighted by Gasteiger charge is -2.18. The molecular formula is C13H14BrNO3S. The maximum atomic E-state index is 11.9. The van der Waals surface area contributed by atoms with Gasteiger partial charge in [0.25, 0.3) is 0 Å². The Labute approximate surface area is 121 Å². The van der Waals surface area contributed by atoms with Crippen LogP contribution in [0.3, 0.4) is 0 Å². The highest BCUT2D eigenvalue weighted by atomic mass is 79.9. The maximum absolute atomic E-state index is 11.9. The number of nitrogens with zero attached hydrogens (tertiary/aromatic N) is 1. The largest absolute Gasteiger partial charge is 0.311 e. The summed E-state index contributed by atoms with van der Waals surface area (Å²) in [6, 6.07) is 4.70. The number of hydrogen-bond donors (Lipinski definition) is 0. The predicted molar refractivity (Wildman–Crippen MR) is 77.9 cm³/mol. The van der Waals surface area contributed by atoms with Crippen LogP contribution in [0.5, 0.6) is 0 Å². The Morgan fingerprint density at radius 2 is 2.16 bits per heavy atom. The van der Waals surface area contributed by atoms with Gasteiger partial charge in [-0.2, -0.15) is 0 Å². The highest BCUT2D eigenvalue weighted by Crippen LogP contribution is 2.33. The average Bonchev–Trinajstić information content (AvgIpc) is 2.69. The molecule has 0 aromatic heterocycles. The molecule has 6 heteroatoms. The van der Waals surface area contributed by atoms with E-state index in [0.29, 0.717) is 23.1 Å². The number of benzene rings is 1. The first-order valence-electron chi connectivity index (χ1n) is 5.75. The minimum Gasteiger partial charge on any atom is -0.311 e. The minimum atomic E-state index is -3.24. The van der Waals surface area contributed by atoms with Crippen LogP contribution in [0, 0.1) is 5.92 Å². The molecule has 0 radical (unpaired) electrons. The molecule has 1 aromatic carbocycles. The molecule has 102 valence electrons. The van der Waals surface area contributed by atoms with Crippen molar-refractivity contribution in [3.05, 3.63) is 35.3 Å². The second kappa shape index (κ2) is 5.09. The Hall–Kier alpha value is -1.14. The number of rotatable bonds is 3. The van der Waals surface area contributed by atoms with Gasteiger partial charge in [0, 0.05) is 29.6 Å². The van der Waals surface area contributed by atoms with Crippen LogP contribution in [0.25, 0.3) is 0 Å². The summed E-state index contributed by atoms with van der Waals surface area (Å²) in [5.41, 5.74) is 0.696. The Balaban J connectivity index is 2.37. The number of carbonyl (C=O) groups is 1. The van der Waals surface area contributed by atoms with Crippen molar-refractivity contribution >= 4 is 37.4 Å². The first-order valence-corrected chi connectivity index (χ1v) is 8.44. The van der Waals surface area contributed by atoms with E-state index < -0.39 is 9.84 Å². The quantitative estimate of drug-likeness (QED) is 0.792. The fourth-order valence-electron chi connectivity index (χ4n) is 2.06. The lowest BCUT2D eigenvalue weighted by atomic mass is 10.1. The molecule has 1 fully saturated rings. The van der Waals surface area contributed by atoms with Gasteiger partial charge in [-0.15, -0.1) is 6.58 Å². The number of halogens is 1. The van der Waals surface area contributed by atoms with Crippen LogP contribution in [-0.4, -0.2) is 27.1 Å².